The number of hydrogen-bond donors (Lipinski definition) is 1. The normalized spacial score (nSPS) is 38.1. The summed E-state index contributed by atoms with van der Waals surface area (Å²) >= 11 is 0. The average molecular weight is 211 g/mol. The molecule has 3 atom stereocenters. The molecule has 3 heteroatoms. The van der Waals surface area contributed by atoms with E-state index in [1.54, 1.807) is 0 Å². The summed E-state index contributed by atoms with van der Waals surface area (Å²) in [5, 5.41) is 8.95. The number of carboxylic acid groups (broad SMARTS) is 1. The summed E-state index contributed by atoms with van der Waals surface area (Å²) in [7, 11) is 0. The molecule has 0 radical (unpaired) electrons. The molecule has 15 heavy (non-hydrogen) atoms. The van der Waals surface area contributed by atoms with Gasteiger partial charge >= 0.3 is 5.97 Å². The Balaban J connectivity index is 1.87. The highest BCUT2D eigenvalue weighted by molar-refractivity contribution is 5.70. The van der Waals surface area contributed by atoms with Crippen molar-refractivity contribution in [3.05, 3.63) is 0 Å². The largest absolute Gasteiger partial charge is 0.481 e. The van der Waals surface area contributed by atoms with E-state index >= 15 is 0 Å². The zero-order valence-electron chi connectivity index (χ0n) is 9.48. The fourth-order valence-corrected chi connectivity index (χ4v) is 3.05. The predicted octanol–water partition coefficient (Wildman–Crippen LogP) is 1.97. The highest BCUT2D eigenvalue weighted by atomic mass is 16.4. The summed E-state index contributed by atoms with van der Waals surface area (Å²) < 4.78 is 0. The summed E-state index contributed by atoms with van der Waals surface area (Å²) in [6, 6.07) is 0.665. The molecule has 0 aromatic rings. The van der Waals surface area contributed by atoms with Gasteiger partial charge in [0.25, 0.3) is 0 Å². The third-order valence-corrected chi connectivity index (χ3v) is 3.99. The molecule has 0 spiro atoms. The maximum atomic E-state index is 10.9. The fraction of sp³-hybridized carbons (Fsp3) is 0.917. The van der Waals surface area contributed by atoms with Crippen LogP contribution in [0.25, 0.3) is 0 Å². The quantitative estimate of drug-likeness (QED) is 0.759. The van der Waals surface area contributed by atoms with Crippen LogP contribution in [-0.2, 0) is 4.79 Å². The van der Waals surface area contributed by atoms with Gasteiger partial charge in [0.15, 0.2) is 0 Å². The number of rotatable bonds is 2. The Hall–Kier alpha value is -0.570. The minimum atomic E-state index is -0.610. The van der Waals surface area contributed by atoms with Gasteiger partial charge in [-0.05, 0) is 31.7 Å². The van der Waals surface area contributed by atoms with E-state index in [-0.39, 0.29) is 5.92 Å². The first-order valence-corrected chi connectivity index (χ1v) is 6.13. The SMILES string of the molecule is CC1CCCC(N2CCC(C(=O)O)C2)C1. The lowest BCUT2D eigenvalue weighted by molar-refractivity contribution is -0.141. The highest BCUT2D eigenvalue weighted by Gasteiger charge is 2.33. The molecule has 1 N–H and O–H groups in total. The van der Waals surface area contributed by atoms with Gasteiger partial charge in [-0.15, -0.1) is 0 Å². The minimum absolute atomic E-state index is 0.109. The smallest absolute Gasteiger partial charge is 0.307 e. The van der Waals surface area contributed by atoms with Crippen LogP contribution in [0.4, 0.5) is 0 Å². The van der Waals surface area contributed by atoms with E-state index in [0.717, 1.165) is 25.4 Å². The number of carbonyl (C=O) groups is 1. The average Bonchev–Trinajstić information content (AvgIpc) is 2.66. The van der Waals surface area contributed by atoms with Crippen LogP contribution in [0.15, 0.2) is 0 Å². The Morgan fingerprint density at radius 2 is 2.13 bits per heavy atom. The molecular weight excluding hydrogens is 190 g/mol. The summed E-state index contributed by atoms with van der Waals surface area (Å²) in [6.45, 7) is 4.10. The second-order valence-corrected chi connectivity index (χ2v) is 5.24. The van der Waals surface area contributed by atoms with E-state index in [4.69, 9.17) is 5.11 Å². The standard InChI is InChI=1S/C12H21NO2/c1-9-3-2-4-11(7-9)13-6-5-10(8-13)12(14)15/h9-11H,2-8H2,1H3,(H,14,15). The molecule has 2 rings (SSSR count). The van der Waals surface area contributed by atoms with Crippen molar-refractivity contribution in [1.82, 2.24) is 4.90 Å². The van der Waals surface area contributed by atoms with E-state index in [2.05, 4.69) is 11.8 Å². The van der Waals surface area contributed by atoms with Gasteiger partial charge < -0.3 is 5.11 Å². The van der Waals surface area contributed by atoms with Crippen molar-refractivity contribution in [2.75, 3.05) is 13.1 Å². The van der Waals surface area contributed by atoms with Crippen molar-refractivity contribution >= 4 is 5.97 Å². The lowest BCUT2D eigenvalue weighted by Crippen LogP contribution is -2.37. The predicted molar refractivity (Wildman–Crippen MR) is 58.7 cm³/mol. The molecule has 1 saturated heterocycles. The van der Waals surface area contributed by atoms with Gasteiger partial charge in [0, 0.05) is 12.6 Å². The molecule has 2 fully saturated rings. The van der Waals surface area contributed by atoms with E-state index in [0.29, 0.717) is 6.04 Å². The molecular formula is C12H21NO2. The lowest BCUT2D eigenvalue weighted by atomic mass is 9.86. The summed E-state index contributed by atoms with van der Waals surface area (Å²) in [5.41, 5.74) is 0. The van der Waals surface area contributed by atoms with E-state index < -0.39 is 5.97 Å². The molecule has 3 unspecified atom stereocenters. The van der Waals surface area contributed by atoms with Crippen molar-refractivity contribution in [3.63, 3.8) is 0 Å². The Labute approximate surface area is 91.5 Å². The van der Waals surface area contributed by atoms with Crippen LogP contribution in [0.3, 0.4) is 0 Å². The maximum absolute atomic E-state index is 10.9. The van der Waals surface area contributed by atoms with Crippen LogP contribution in [0.2, 0.25) is 0 Å². The van der Waals surface area contributed by atoms with Crippen LogP contribution < -0.4 is 0 Å². The second-order valence-electron chi connectivity index (χ2n) is 5.24. The number of aliphatic carboxylic acids is 1. The zero-order valence-corrected chi connectivity index (χ0v) is 9.48. The van der Waals surface area contributed by atoms with Crippen molar-refractivity contribution < 1.29 is 9.90 Å². The molecule has 3 nitrogen and oxygen atoms in total. The maximum Gasteiger partial charge on any atom is 0.307 e. The van der Waals surface area contributed by atoms with Crippen LogP contribution in [0.1, 0.15) is 39.0 Å². The van der Waals surface area contributed by atoms with Gasteiger partial charge in [-0.3, -0.25) is 9.69 Å². The van der Waals surface area contributed by atoms with Crippen molar-refractivity contribution in [3.8, 4) is 0 Å². The van der Waals surface area contributed by atoms with E-state index in [9.17, 15) is 4.79 Å². The van der Waals surface area contributed by atoms with Gasteiger partial charge in [0.1, 0.15) is 0 Å². The first-order chi connectivity index (χ1) is 7.16. The number of nitrogens with zero attached hydrogens (tertiary/aromatic N) is 1. The number of hydrogen-bond acceptors (Lipinski definition) is 2. The van der Waals surface area contributed by atoms with Gasteiger partial charge in [0.2, 0.25) is 0 Å². The monoisotopic (exact) mass is 211 g/mol. The molecule has 0 aromatic heterocycles. The Bertz CT molecular complexity index is 242. The highest BCUT2D eigenvalue weighted by Crippen LogP contribution is 2.30. The van der Waals surface area contributed by atoms with Crippen molar-refractivity contribution in [2.45, 2.75) is 45.1 Å². The Morgan fingerprint density at radius 1 is 1.33 bits per heavy atom. The van der Waals surface area contributed by atoms with Gasteiger partial charge in [-0.1, -0.05) is 19.8 Å². The van der Waals surface area contributed by atoms with Gasteiger partial charge in [-0.25, -0.2) is 0 Å². The molecule has 86 valence electrons. The molecule has 1 saturated carbocycles. The molecule has 1 aliphatic heterocycles. The molecule has 0 amide bonds. The van der Waals surface area contributed by atoms with Crippen LogP contribution in [0, 0.1) is 11.8 Å². The second kappa shape index (κ2) is 4.52. The van der Waals surface area contributed by atoms with Crippen LogP contribution >= 0.6 is 0 Å². The Morgan fingerprint density at radius 3 is 2.73 bits per heavy atom. The Kier molecular flexibility index (Phi) is 3.29. The molecule has 1 aliphatic carbocycles. The van der Waals surface area contributed by atoms with Crippen molar-refractivity contribution in [2.24, 2.45) is 11.8 Å². The summed E-state index contributed by atoms with van der Waals surface area (Å²) in [4.78, 5) is 13.3. The molecule has 0 bridgehead atoms. The van der Waals surface area contributed by atoms with Gasteiger partial charge in [0.05, 0.1) is 5.92 Å². The number of carboxylic acids is 1. The fourth-order valence-electron chi connectivity index (χ4n) is 3.05. The van der Waals surface area contributed by atoms with Gasteiger partial charge in [-0.2, -0.15) is 0 Å². The van der Waals surface area contributed by atoms with E-state index in [1.807, 2.05) is 0 Å². The minimum Gasteiger partial charge on any atom is -0.481 e. The number of likely N-dealkylation sites (tertiary alicyclic amines) is 1. The van der Waals surface area contributed by atoms with E-state index in [1.165, 1.54) is 25.7 Å². The van der Waals surface area contributed by atoms with Crippen molar-refractivity contribution in [1.29, 1.82) is 0 Å². The third kappa shape index (κ3) is 2.51. The van der Waals surface area contributed by atoms with Crippen LogP contribution in [-0.4, -0.2) is 35.1 Å². The molecule has 0 aromatic carbocycles. The third-order valence-electron chi connectivity index (χ3n) is 3.99. The topological polar surface area (TPSA) is 40.5 Å². The van der Waals surface area contributed by atoms with Crippen LogP contribution in [0.5, 0.6) is 0 Å². The molecule has 1 heterocycles. The zero-order chi connectivity index (χ0) is 10.8. The first kappa shape index (κ1) is 10.9. The lowest BCUT2D eigenvalue weighted by Gasteiger charge is -2.33. The summed E-state index contributed by atoms with van der Waals surface area (Å²) in [5.74, 6) is 0.108. The first-order valence-electron chi connectivity index (χ1n) is 6.13. The molecule has 2 aliphatic rings. The summed E-state index contributed by atoms with van der Waals surface area (Å²) in [6.07, 6.45) is 6.07.